The number of benzene rings is 1. The molecule has 5 nitrogen and oxygen atoms in total. The Morgan fingerprint density at radius 3 is 2.42 bits per heavy atom. The first-order chi connectivity index (χ1) is 9.02. The Hall–Kier alpha value is -1.88. The highest BCUT2D eigenvalue weighted by molar-refractivity contribution is 5.78. The second-order valence-corrected chi connectivity index (χ2v) is 4.61. The van der Waals surface area contributed by atoms with Crippen LogP contribution in [0.5, 0.6) is 0 Å². The third kappa shape index (κ3) is 5.52. The Labute approximate surface area is 114 Å². The molecule has 0 aliphatic heterocycles. The summed E-state index contributed by atoms with van der Waals surface area (Å²) in [4.78, 5) is 24.5. The molecule has 5 heteroatoms. The van der Waals surface area contributed by atoms with E-state index in [1.165, 1.54) is 5.56 Å². The summed E-state index contributed by atoms with van der Waals surface area (Å²) in [5.41, 5.74) is 2.31. The Balaban J connectivity index is 2.36. The first kappa shape index (κ1) is 15.2. The van der Waals surface area contributed by atoms with Gasteiger partial charge in [-0.15, -0.1) is 0 Å². The lowest BCUT2D eigenvalue weighted by Crippen LogP contribution is -2.88. The van der Waals surface area contributed by atoms with Crippen molar-refractivity contribution in [1.29, 1.82) is 0 Å². The SMILES string of the molecule is CNC(=O)C[NH2+]CC(=O)N(C)Cc1ccc(C)cc1. The van der Waals surface area contributed by atoms with Crippen molar-refractivity contribution in [2.75, 3.05) is 27.2 Å². The first-order valence-electron chi connectivity index (χ1n) is 6.34. The molecule has 2 amide bonds. The Morgan fingerprint density at radius 2 is 1.84 bits per heavy atom. The van der Waals surface area contributed by atoms with Crippen LogP contribution < -0.4 is 10.6 Å². The van der Waals surface area contributed by atoms with Crippen molar-refractivity contribution in [3.8, 4) is 0 Å². The summed E-state index contributed by atoms with van der Waals surface area (Å²) in [5.74, 6) is -0.0570. The molecule has 0 bridgehead atoms. The van der Waals surface area contributed by atoms with Gasteiger partial charge in [-0.05, 0) is 12.5 Å². The number of nitrogens with two attached hydrogens (primary N) is 1. The fraction of sp³-hybridized carbons (Fsp3) is 0.429. The average Bonchev–Trinajstić information content (AvgIpc) is 2.40. The van der Waals surface area contributed by atoms with Gasteiger partial charge < -0.3 is 15.5 Å². The first-order valence-corrected chi connectivity index (χ1v) is 6.34. The standard InChI is InChI=1S/C14H21N3O2/c1-11-4-6-12(7-5-11)10-17(3)14(19)9-16-8-13(18)15-2/h4-7,16H,8-10H2,1-3H3,(H,15,18)/p+1. The number of hydrogen-bond acceptors (Lipinski definition) is 2. The Morgan fingerprint density at radius 1 is 1.21 bits per heavy atom. The van der Waals surface area contributed by atoms with Crippen molar-refractivity contribution in [3.63, 3.8) is 0 Å². The number of carbonyl (C=O) groups excluding carboxylic acids is 2. The van der Waals surface area contributed by atoms with Crippen molar-refractivity contribution < 1.29 is 14.9 Å². The molecule has 0 aromatic heterocycles. The topological polar surface area (TPSA) is 66.0 Å². The minimum Gasteiger partial charge on any atom is -0.354 e. The van der Waals surface area contributed by atoms with Gasteiger partial charge in [-0.3, -0.25) is 9.59 Å². The lowest BCUT2D eigenvalue weighted by atomic mass is 10.1. The monoisotopic (exact) mass is 264 g/mol. The summed E-state index contributed by atoms with van der Waals surface area (Å²) in [6.45, 7) is 3.19. The lowest BCUT2D eigenvalue weighted by molar-refractivity contribution is -0.633. The van der Waals surface area contributed by atoms with Gasteiger partial charge in [0.05, 0.1) is 0 Å². The van der Waals surface area contributed by atoms with Gasteiger partial charge in [-0.1, -0.05) is 29.8 Å². The molecule has 0 atom stereocenters. The zero-order chi connectivity index (χ0) is 14.3. The summed E-state index contributed by atoms with van der Waals surface area (Å²) >= 11 is 0. The Bertz CT molecular complexity index is 429. The molecule has 0 fully saturated rings. The smallest absolute Gasteiger partial charge is 0.277 e. The highest BCUT2D eigenvalue weighted by atomic mass is 16.2. The molecule has 0 unspecified atom stereocenters. The lowest BCUT2D eigenvalue weighted by Gasteiger charge is -2.16. The van der Waals surface area contributed by atoms with Crippen LogP contribution in [0.25, 0.3) is 0 Å². The van der Waals surface area contributed by atoms with Crippen LogP contribution in [0.2, 0.25) is 0 Å². The number of hydrogen-bond donors (Lipinski definition) is 2. The number of nitrogens with zero attached hydrogens (tertiary/aromatic N) is 1. The third-order valence-corrected chi connectivity index (χ3v) is 2.89. The molecule has 1 aromatic rings. The van der Waals surface area contributed by atoms with Gasteiger partial charge in [0.15, 0.2) is 13.1 Å². The highest BCUT2D eigenvalue weighted by Crippen LogP contribution is 2.05. The van der Waals surface area contributed by atoms with E-state index in [0.717, 1.165) is 5.56 Å². The maximum Gasteiger partial charge on any atom is 0.277 e. The number of aryl methyl sites for hydroxylation is 1. The molecule has 0 saturated carbocycles. The van der Waals surface area contributed by atoms with E-state index >= 15 is 0 Å². The average molecular weight is 264 g/mol. The Kier molecular flexibility index (Phi) is 6.02. The van der Waals surface area contributed by atoms with E-state index in [9.17, 15) is 9.59 Å². The number of quaternary nitrogens is 1. The molecule has 0 radical (unpaired) electrons. The zero-order valence-electron chi connectivity index (χ0n) is 11.8. The second-order valence-electron chi connectivity index (χ2n) is 4.61. The second kappa shape index (κ2) is 7.53. The van der Waals surface area contributed by atoms with E-state index in [4.69, 9.17) is 0 Å². The van der Waals surface area contributed by atoms with Crippen LogP contribution in [0.4, 0.5) is 0 Å². The van der Waals surface area contributed by atoms with Gasteiger partial charge in [0.25, 0.3) is 11.8 Å². The van der Waals surface area contributed by atoms with Gasteiger partial charge in [0, 0.05) is 20.6 Å². The van der Waals surface area contributed by atoms with Gasteiger partial charge in [-0.25, -0.2) is 0 Å². The molecular formula is C14H22N3O2+. The molecule has 1 rings (SSSR count). The molecule has 3 N–H and O–H groups in total. The molecule has 0 heterocycles. The molecule has 0 saturated heterocycles. The van der Waals surface area contributed by atoms with E-state index in [0.29, 0.717) is 6.54 Å². The molecule has 0 spiro atoms. The van der Waals surface area contributed by atoms with Gasteiger partial charge in [-0.2, -0.15) is 0 Å². The molecular weight excluding hydrogens is 242 g/mol. The van der Waals surface area contributed by atoms with Crippen LogP contribution in [0, 0.1) is 6.92 Å². The van der Waals surface area contributed by atoms with Crippen molar-refractivity contribution in [2.45, 2.75) is 13.5 Å². The van der Waals surface area contributed by atoms with Crippen molar-refractivity contribution in [3.05, 3.63) is 35.4 Å². The van der Waals surface area contributed by atoms with Crippen molar-refractivity contribution in [2.24, 2.45) is 0 Å². The number of likely N-dealkylation sites (N-methyl/N-ethyl adjacent to an activating group) is 2. The summed E-state index contributed by atoms with van der Waals surface area (Å²) < 4.78 is 0. The number of nitrogens with one attached hydrogen (secondary N) is 1. The van der Waals surface area contributed by atoms with E-state index in [-0.39, 0.29) is 24.9 Å². The summed E-state index contributed by atoms with van der Waals surface area (Å²) in [6, 6.07) is 8.11. The predicted molar refractivity (Wildman–Crippen MR) is 73.4 cm³/mol. The summed E-state index contributed by atoms with van der Waals surface area (Å²) in [7, 11) is 3.36. The van der Waals surface area contributed by atoms with E-state index in [2.05, 4.69) is 5.32 Å². The maximum atomic E-state index is 11.8. The number of carbonyl (C=O) groups is 2. The van der Waals surface area contributed by atoms with Crippen molar-refractivity contribution >= 4 is 11.8 Å². The normalized spacial score (nSPS) is 10.1. The fourth-order valence-corrected chi connectivity index (χ4v) is 1.64. The molecule has 0 aliphatic carbocycles. The zero-order valence-corrected chi connectivity index (χ0v) is 11.8. The van der Waals surface area contributed by atoms with Crippen LogP contribution in [-0.4, -0.2) is 43.9 Å². The quantitative estimate of drug-likeness (QED) is 0.711. The molecule has 0 aliphatic rings. The van der Waals surface area contributed by atoms with Gasteiger partial charge >= 0.3 is 0 Å². The minimum atomic E-state index is -0.0750. The van der Waals surface area contributed by atoms with Gasteiger partial charge in [0.1, 0.15) is 0 Å². The van der Waals surface area contributed by atoms with Crippen LogP contribution in [0.1, 0.15) is 11.1 Å². The van der Waals surface area contributed by atoms with Crippen LogP contribution >= 0.6 is 0 Å². The third-order valence-electron chi connectivity index (χ3n) is 2.89. The minimum absolute atomic E-state index is 0.0180. The van der Waals surface area contributed by atoms with Gasteiger partial charge in [0.2, 0.25) is 0 Å². The molecule has 1 aromatic carbocycles. The molecule has 19 heavy (non-hydrogen) atoms. The van der Waals surface area contributed by atoms with E-state index in [1.54, 1.807) is 24.3 Å². The molecule has 104 valence electrons. The predicted octanol–water partition coefficient (Wildman–Crippen LogP) is -0.737. The summed E-state index contributed by atoms with van der Waals surface area (Å²) in [6.07, 6.45) is 0. The van der Waals surface area contributed by atoms with Crippen LogP contribution in [0.15, 0.2) is 24.3 Å². The number of rotatable bonds is 6. The summed E-state index contributed by atoms with van der Waals surface area (Å²) in [5, 5.41) is 4.22. The number of amides is 2. The van der Waals surface area contributed by atoms with Crippen LogP contribution in [0.3, 0.4) is 0 Å². The van der Waals surface area contributed by atoms with E-state index < -0.39 is 0 Å². The van der Waals surface area contributed by atoms with Crippen LogP contribution in [-0.2, 0) is 16.1 Å². The van der Waals surface area contributed by atoms with Crippen molar-refractivity contribution in [1.82, 2.24) is 10.2 Å². The largest absolute Gasteiger partial charge is 0.354 e. The highest BCUT2D eigenvalue weighted by Gasteiger charge is 2.11. The fourth-order valence-electron chi connectivity index (χ4n) is 1.64. The van der Waals surface area contributed by atoms with E-state index in [1.807, 2.05) is 31.2 Å². The maximum absolute atomic E-state index is 11.8.